The number of carbonyl (C=O) groups is 1. The first-order valence-corrected chi connectivity index (χ1v) is 11.6. The first kappa shape index (κ1) is 21.3. The molecule has 2 heterocycles. The Morgan fingerprint density at radius 3 is 1.89 bits per heavy atom. The van der Waals surface area contributed by atoms with Crippen LogP contribution < -0.4 is 0 Å². The molecule has 0 bridgehead atoms. The van der Waals surface area contributed by atoms with Crippen LogP contribution in [0.2, 0.25) is 0 Å². The van der Waals surface area contributed by atoms with Crippen LogP contribution in [0.4, 0.5) is 0 Å². The second kappa shape index (κ2) is 8.13. The van der Waals surface area contributed by atoms with E-state index in [1.54, 1.807) is 4.31 Å². The van der Waals surface area contributed by atoms with Crippen molar-refractivity contribution in [1.29, 1.82) is 0 Å². The number of nitrogens with zero attached hydrogens (tertiary/aromatic N) is 3. The Balaban J connectivity index is 1.72. The van der Waals surface area contributed by atoms with Gasteiger partial charge in [-0.3, -0.25) is 4.79 Å². The summed E-state index contributed by atoms with van der Waals surface area (Å²) < 4.78 is 28.3. The van der Waals surface area contributed by atoms with Crippen LogP contribution >= 0.6 is 0 Å². The minimum Gasteiger partial charge on any atom is -0.340 e. The maximum absolute atomic E-state index is 13.4. The van der Waals surface area contributed by atoms with E-state index in [0.717, 1.165) is 48.4 Å². The summed E-state index contributed by atoms with van der Waals surface area (Å²) in [4.78, 5) is 17.5. The third-order valence-electron chi connectivity index (χ3n) is 6.51. The number of aryl methyl sites for hydroxylation is 2. The molecule has 0 radical (unpaired) electrons. The number of benzene rings is 1. The first-order valence-electron chi connectivity index (χ1n) is 10.2. The average molecular weight is 408 g/mol. The Bertz CT molecular complexity index is 824. The van der Waals surface area contributed by atoms with E-state index >= 15 is 0 Å². The van der Waals surface area contributed by atoms with E-state index in [1.807, 2.05) is 38.7 Å². The molecule has 2 fully saturated rings. The third kappa shape index (κ3) is 3.98. The first-order chi connectivity index (χ1) is 13.1. The molecule has 0 unspecified atom stereocenters. The van der Waals surface area contributed by atoms with Crippen LogP contribution in [0, 0.1) is 33.6 Å². The predicted molar refractivity (Wildman–Crippen MR) is 111 cm³/mol. The Labute approximate surface area is 169 Å². The highest BCUT2D eigenvalue weighted by Crippen LogP contribution is 2.31. The molecule has 3 rings (SSSR count). The van der Waals surface area contributed by atoms with Gasteiger partial charge in [-0.15, -0.1) is 0 Å². The van der Waals surface area contributed by atoms with Crippen molar-refractivity contribution in [3.8, 4) is 0 Å². The van der Waals surface area contributed by atoms with Crippen molar-refractivity contribution in [1.82, 2.24) is 14.1 Å². The number of piperazine rings is 1. The van der Waals surface area contributed by atoms with Crippen LogP contribution in [-0.2, 0) is 14.8 Å². The molecular weight excluding hydrogens is 374 g/mol. The second-order valence-electron chi connectivity index (χ2n) is 8.40. The highest BCUT2D eigenvalue weighted by molar-refractivity contribution is 7.89. The Morgan fingerprint density at radius 2 is 1.39 bits per heavy atom. The quantitative estimate of drug-likeness (QED) is 0.770. The summed E-state index contributed by atoms with van der Waals surface area (Å²) in [5.74, 6) is 0.139. The molecular formula is C21H33N3O3S. The van der Waals surface area contributed by atoms with Crippen LogP contribution in [0.5, 0.6) is 0 Å². The molecule has 7 heteroatoms. The lowest BCUT2D eigenvalue weighted by molar-refractivity contribution is -0.138. The van der Waals surface area contributed by atoms with Gasteiger partial charge in [-0.25, -0.2) is 8.42 Å². The summed E-state index contributed by atoms with van der Waals surface area (Å²) in [6, 6.07) is 2.05. The van der Waals surface area contributed by atoms with E-state index in [4.69, 9.17) is 0 Å². The number of rotatable bonds is 3. The Morgan fingerprint density at radius 1 is 0.893 bits per heavy atom. The molecule has 156 valence electrons. The maximum atomic E-state index is 13.4. The highest BCUT2D eigenvalue weighted by Gasteiger charge is 2.36. The van der Waals surface area contributed by atoms with E-state index in [2.05, 4.69) is 11.9 Å². The molecule has 1 aromatic rings. The van der Waals surface area contributed by atoms with Gasteiger partial charge < -0.3 is 9.80 Å². The molecule has 0 atom stereocenters. The zero-order chi connectivity index (χ0) is 20.6. The van der Waals surface area contributed by atoms with Crippen LogP contribution in [-0.4, -0.2) is 74.7 Å². The molecule has 1 aromatic carbocycles. The van der Waals surface area contributed by atoms with Crippen molar-refractivity contribution in [2.24, 2.45) is 5.92 Å². The van der Waals surface area contributed by atoms with Gasteiger partial charge in [-0.1, -0.05) is 6.07 Å². The lowest BCUT2D eigenvalue weighted by atomic mass is 9.96. The minimum absolute atomic E-state index is 0.0590. The van der Waals surface area contributed by atoms with Crippen molar-refractivity contribution in [3.05, 3.63) is 28.3 Å². The van der Waals surface area contributed by atoms with E-state index in [9.17, 15) is 13.2 Å². The Hall–Kier alpha value is -1.44. The van der Waals surface area contributed by atoms with E-state index in [1.165, 1.54) is 0 Å². The molecule has 2 saturated heterocycles. The monoisotopic (exact) mass is 407 g/mol. The van der Waals surface area contributed by atoms with E-state index in [0.29, 0.717) is 30.8 Å². The zero-order valence-electron chi connectivity index (χ0n) is 17.8. The SMILES string of the molecule is Cc1cc(C)c(C)c(S(=O)(=O)N2CCC(C(=O)N3CCN(C)CC3)CC2)c1C. The summed E-state index contributed by atoms with van der Waals surface area (Å²) >= 11 is 0. The highest BCUT2D eigenvalue weighted by atomic mass is 32.2. The van der Waals surface area contributed by atoms with E-state index < -0.39 is 10.0 Å². The summed E-state index contributed by atoms with van der Waals surface area (Å²) in [5, 5.41) is 0. The van der Waals surface area contributed by atoms with Gasteiger partial charge in [0.25, 0.3) is 0 Å². The Kier molecular flexibility index (Phi) is 6.17. The predicted octanol–water partition coefficient (Wildman–Crippen LogP) is 2.09. The van der Waals surface area contributed by atoms with Gasteiger partial charge in [-0.05, 0) is 69.8 Å². The molecule has 28 heavy (non-hydrogen) atoms. The van der Waals surface area contributed by atoms with Crippen molar-refractivity contribution in [2.75, 3.05) is 46.3 Å². The largest absolute Gasteiger partial charge is 0.340 e. The lowest BCUT2D eigenvalue weighted by Gasteiger charge is -2.37. The number of piperidine rings is 1. The average Bonchev–Trinajstić information content (AvgIpc) is 2.66. The van der Waals surface area contributed by atoms with Gasteiger partial charge in [-0.2, -0.15) is 4.31 Å². The lowest BCUT2D eigenvalue weighted by Crippen LogP contribution is -2.51. The molecule has 6 nitrogen and oxygen atoms in total. The van der Waals surface area contributed by atoms with Crippen LogP contribution in [0.25, 0.3) is 0 Å². The number of carbonyl (C=O) groups excluding carboxylic acids is 1. The molecule has 2 aliphatic heterocycles. The molecule has 0 spiro atoms. The second-order valence-corrected chi connectivity index (χ2v) is 10.3. The topological polar surface area (TPSA) is 60.9 Å². The van der Waals surface area contributed by atoms with Crippen molar-refractivity contribution < 1.29 is 13.2 Å². The zero-order valence-corrected chi connectivity index (χ0v) is 18.6. The van der Waals surface area contributed by atoms with Crippen molar-refractivity contribution in [3.63, 3.8) is 0 Å². The fourth-order valence-corrected chi connectivity index (χ4v) is 6.37. The van der Waals surface area contributed by atoms with Crippen LogP contribution in [0.15, 0.2) is 11.0 Å². The van der Waals surface area contributed by atoms with Crippen LogP contribution in [0.3, 0.4) is 0 Å². The molecule has 1 amide bonds. The molecule has 0 aromatic heterocycles. The maximum Gasteiger partial charge on any atom is 0.243 e. The summed E-state index contributed by atoms with van der Waals surface area (Å²) in [5.41, 5.74) is 3.67. The normalized spacial score (nSPS) is 20.5. The smallest absolute Gasteiger partial charge is 0.243 e. The number of hydrogen-bond acceptors (Lipinski definition) is 4. The van der Waals surface area contributed by atoms with Crippen LogP contribution in [0.1, 0.15) is 35.1 Å². The molecule has 0 saturated carbocycles. The minimum atomic E-state index is -3.55. The number of sulfonamides is 1. The number of hydrogen-bond donors (Lipinski definition) is 0. The van der Waals surface area contributed by atoms with Gasteiger partial charge in [0, 0.05) is 45.2 Å². The summed E-state index contributed by atoms with van der Waals surface area (Å²) in [6.07, 6.45) is 1.21. The number of likely N-dealkylation sites (N-methyl/N-ethyl adjacent to an activating group) is 1. The fraction of sp³-hybridized carbons (Fsp3) is 0.667. The van der Waals surface area contributed by atoms with Gasteiger partial charge in [0.2, 0.25) is 15.9 Å². The van der Waals surface area contributed by atoms with Gasteiger partial charge in [0.15, 0.2) is 0 Å². The standard InChI is InChI=1S/C21H33N3O3S/c1-15-14-16(2)18(4)20(17(15)3)28(26,27)24-8-6-19(7-9-24)21(25)23-12-10-22(5)11-13-23/h14,19H,6-13H2,1-5H3. The fourth-order valence-electron chi connectivity index (χ4n) is 4.32. The van der Waals surface area contributed by atoms with Crippen molar-refractivity contribution in [2.45, 2.75) is 45.4 Å². The number of amides is 1. The molecule has 0 aliphatic carbocycles. The third-order valence-corrected chi connectivity index (χ3v) is 8.69. The molecule has 2 aliphatic rings. The van der Waals surface area contributed by atoms with E-state index in [-0.39, 0.29) is 11.8 Å². The summed E-state index contributed by atoms with van der Waals surface area (Å²) in [7, 11) is -1.48. The van der Waals surface area contributed by atoms with Gasteiger partial charge in [0.05, 0.1) is 4.90 Å². The van der Waals surface area contributed by atoms with Gasteiger partial charge >= 0.3 is 0 Å². The van der Waals surface area contributed by atoms with Gasteiger partial charge in [0.1, 0.15) is 0 Å². The summed E-state index contributed by atoms with van der Waals surface area (Å²) in [6.45, 7) is 11.9. The molecule has 0 N–H and O–H groups in total. The van der Waals surface area contributed by atoms with Crippen molar-refractivity contribution >= 4 is 15.9 Å².